The van der Waals surface area contributed by atoms with Crippen molar-refractivity contribution in [2.24, 2.45) is 5.73 Å². The van der Waals surface area contributed by atoms with E-state index >= 15 is 0 Å². The zero-order valence-electron chi connectivity index (χ0n) is 13.9. The van der Waals surface area contributed by atoms with Crippen molar-refractivity contribution >= 4 is 11.8 Å². The summed E-state index contributed by atoms with van der Waals surface area (Å²) in [7, 11) is 0. The first-order valence-electron chi connectivity index (χ1n) is 8.94. The molecule has 0 bridgehead atoms. The first kappa shape index (κ1) is 15.4. The van der Waals surface area contributed by atoms with Gasteiger partial charge in [0.15, 0.2) is 0 Å². The van der Waals surface area contributed by atoms with Gasteiger partial charge in [0.1, 0.15) is 5.82 Å². The molecule has 4 rings (SSSR count). The molecular formula is C19H25N5. The van der Waals surface area contributed by atoms with Gasteiger partial charge in [-0.1, -0.05) is 30.3 Å². The molecule has 5 nitrogen and oxygen atoms in total. The fraction of sp³-hybridized carbons (Fsp3) is 0.474. The van der Waals surface area contributed by atoms with E-state index in [2.05, 4.69) is 45.6 Å². The number of nitrogens with one attached hydrogen (secondary N) is 1. The van der Waals surface area contributed by atoms with E-state index in [0.717, 1.165) is 50.0 Å². The molecule has 0 spiro atoms. The minimum Gasteiger partial charge on any atom is -0.368 e. The van der Waals surface area contributed by atoms with E-state index in [0.29, 0.717) is 23.9 Å². The second-order valence-electron chi connectivity index (χ2n) is 7.06. The Kier molecular flexibility index (Phi) is 4.10. The maximum absolute atomic E-state index is 6.05. The average molecular weight is 323 g/mol. The van der Waals surface area contributed by atoms with E-state index in [-0.39, 0.29) is 0 Å². The molecule has 0 aliphatic heterocycles. The Balaban J connectivity index is 1.69. The molecule has 3 unspecified atom stereocenters. The Morgan fingerprint density at radius 1 is 1.04 bits per heavy atom. The Hall–Kier alpha value is -2.14. The summed E-state index contributed by atoms with van der Waals surface area (Å²) in [5.74, 6) is 1.60. The predicted molar refractivity (Wildman–Crippen MR) is 96.9 cm³/mol. The van der Waals surface area contributed by atoms with E-state index in [9.17, 15) is 0 Å². The summed E-state index contributed by atoms with van der Waals surface area (Å²) in [5.41, 5.74) is 15.7. The highest BCUT2D eigenvalue weighted by molar-refractivity contribution is 5.54. The molecule has 1 aromatic carbocycles. The number of fused-ring (bicyclic) bond motifs is 1. The van der Waals surface area contributed by atoms with E-state index in [4.69, 9.17) is 11.5 Å². The van der Waals surface area contributed by atoms with Gasteiger partial charge in [-0.3, -0.25) is 0 Å². The summed E-state index contributed by atoms with van der Waals surface area (Å²) in [4.78, 5) is 9.14. The van der Waals surface area contributed by atoms with Crippen molar-refractivity contribution in [3.05, 3.63) is 47.2 Å². The SMILES string of the molecule is Nc1nc(NC2CCC(N)C2)c2c(n1)C(c1ccccc1)CCC2. The maximum Gasteiger partial charge on any atom is 0.222 e. The lowest BCUT2D eigenvalue weighted by Gasteiger charge is -2.27. The first-order chi connectivity index (χ1) is 11.7. The number of anilines is 2. The predicted octanol–water partition coefficient (Wildman–Crippen LogP) is 2.82. The highest BCUT2D eigenvalue weighted by atomic mass is 15.1. The molecule has 3 atom stereocenters. The van der Waals surface area contributed by atoms with Gasteiger partial charge in [-0.15, -0.1) is 0 Å². The number of rotatable bonds is 3. The fourth-order valence-corrected chi connectivity index (χ4v) is 4.14. The van der Waals surface area contributed by atoms with E-state index in [1.807, 2.05) is 0 Å². The summed E-state index contributed by atoms with van der Waals surface area (Å²) in [5, 5.41) is 3.60. The molecule has 126 valence electrons. The number of benzene rings is 1. The van der Waals surface area contributed by atoms with Gasteiger partial charge in [0.05, 0.1) is 5.69 Å². The van der Waals surface area contributed by atoms with Crippen LogP contribution < -0.4 is 16.8 Å². The average Bonchev–Trinajstić information content (AvgIpc) is 3.00. The van der Waals surface area contributed by atoms with Crippen LogP contribution in [0.2, 0.25) is 0 Å². The molecule has 2 aliphatic rings. The molecule has 1 aromatic heterocycles. The van der Waals surface area contributed by atoms with Crippen molar-refractivity contribution in [3.8, 4) is 0 Å². The Morgan fingerprint density at radius 2 is 1.88 bits per heavy atom. The summed E-state index contributed by atoms with van der Waals surface area (Å²) in [6.45, 7) is 0. The summed E-state index contributed by atoms with van der Waals surface area (Å²) >= 11 is 0. The van der Waals surface area contributed by atoms with Crippen LogP contribution in [0.3, 0.4) is 0 Å². The van der Waals surface area contributed by atoms with Gasteiger partial charge >= 0.3 is 0 Å². The highest BCUT2D eigenvalue weighted by Gasteiger charge is 2.29. The molecule has 2 aromatic rings. The lowest BCUT2D eigenvalue weighted by molar-refractivity contribution is 0.595. The lowest BCUT2D eigenvalue weighted by atomic mass is 9.82. The molecule has 1 saturated carbocycles. The number of aromatic nitrogens is 2. The second-order valence-corrected chi connectivity index (χ2v) is 7.06. The third kappa shape index (κ3) is 2.96. The smallest absolute Gasteiger partial charge is 0.222 e. The van der Waals surface area contributed by atoms with Gasteiger partial charge in [-0.25, -0.2) is 4.98 Å². The van der Waals surface area contributed by atoms with Crippen LogP contribution in [-0.4, -0.2) is 22.1 Å². The number of nitrogens with zero attached hydrogens (tertiary/aromatic N) is 2. The van der Waals surface area contributed by atoms with Gasteiger partial charge in [0.2, 0.25) is 5.95 Å². The third-order valence-corrected chi connectivity index (χ3v) is 5.32. The van der Waals surface area contributed by atoms with Crippen LogP contribution in [-0.2, 0) is 6.42 Å². The van der Waals surface area contributed by atoms with Crippen molar-refractivity contribution in [1.29, 1.82) is 0 Å². The Morgan fingerprint density at radius 3 is 2.62 bits per heavy atom. The van der Waals surface area contributed by atoms with E-state index < -0.39 is 0 Å². The topological polar surface area (TPSA) is 89.8 Å². The molecule has 24 heavy (non-hydrogen) atoms. The molecule has 5 heteroatoms. The van der Waals surface area contributed by atoms with Crippen LogP contribution in [0, 0.1) is 0 Å². The molecule has 5 N–H and O–H groups in total. The third-order valence-electron chi connectivity index (χ3n) is 5.32. The largest absolute Gasteiger partial charge is 0.368 e. The van der Waals surface area contributed by atoms with Crippen LogP contribution >= 0.6 is 0 Å². The normalized spacial score (nSPS) is 26.1. The van der Waals surface area contributed by atoms with Gasteiger partial charge < -0.3 is 16.8 Å². The van der Waals surface area contributed by atoms with Crippen molar-refractivity contribution in [2.75, 3.05) is 11.1 Å². The monoisotopic (exact) mass is 323 g/mol. The molecule has 0 amide bonds. The van der Waals surface area contributed by atoms with Crippen LogP contribution in [0.25, 0.3) is 0 Å². The van der Waals surface area contributed by atoms with E-state index in [1.54, 1.807) is 0 Å². The quantitative estimate of drug-likeness (QED) is 0.808. The standard InChI is InChI=1S/C19H25N5/c20-13-9-10-14(11-13)22-18-16-8-4-7-15(12-5-2-1-3-6-12)17(16)23-19(21)24-18/h1-3,5-6,13-15H,4,7-11,20H2,(H3,21,22,23,24). The van der Waals surface area contributed by atoms with Crippen molar-refractivity contribution < 1.29 is 0 Å². The Labute approximate surface area is 142 Å². The minimum absolute atomic E-state index is 0.301. The van der Waals surface area contributed by atoms with Crippen LogP contribution in [0.5, 0.6) is 0 Å². The molecule has 0 radical (unpaired) electrons. The maximum atomic E-state index is 6.05. The number of hydrogen-bond donors (Lipinski definition) is 3. The minimum atomic E-state index is 0.301. The number of nitrogens with two attached hydrogens (primary N) is 2. The van der Waals surface area contributed by atoms with Gasteiger partial charge in [0, 0.05) is 23.6 Å². The molecule has 2 aliphatic carbocycles. The summed E-state index contributed by atoms with van der Waals surface area (Å²) in [6, 6.07) is 11.3. The van der Waals surface area contributed by atoms with Crippen molar-refractivity contribution in [2.45, 2.75) is 56.5 Å². The number of hydrogen-bond acceptors (Lipinski definition) is 5. The fourth-order valence-electron chi connectivity index (χ4n) is 4.14. The Bertz CT molecular complexity index is 715. The van der Waals surface area contributed by atoms with Crippen molar-refractivity contribution in [3.63, 3.8) is 0 Å². The molecule has 1 heterocycles. The van der Waals surface area contributed by atoms with Crippen LogP contribution in [0.1, 0.15) is 54.8 Å². The summed E-state index contributed by atoms with van der Waals surface area (Å²) < 4.78 is 0. The van der Waals surface area contributed by atoms with Crippen LogP contribution in [0.4, 0.5) is 11.8 Å². The van der Waals surface area contributed by atoms with Crippen molar-refractivity contribution in [1.82, 2.24) is 9.97 Å². The molecule has 0 saturated heterocycles. The van der Waals surface area contributed by atoms with Gasteiger partial charge in [-0.05, 0) is 44.1 Å². The summed E-state index contributed by atoms with van der Waals surface area (Å²) in [6.07, 6.45) is 6.45. The lowest BCUT2D eigenvalue weighted by Crippen LogP contribution is -2.24. The van der Waals surface area contributed by atoms with Crippen LogP contribution in [0.15, 0.2) is 30.3 Å². The van der Waals surface area contributed by atoms with Gasteiger partial charge in [0.25, 0.3) is 0 Å². The number of nitrogen functional groups attached to an aromatic ring is 1. The molecular weight excluding hydrogens is 298 g/mol. The van der Waals surface area contributed by atoms with E-state index in [1.165, 1.54) is 11.1 Å². The first-order valence-corrected chi connectivity index (χ1v) is 8.94. The zero-order chi connectivity index (χ0) is 16.5. The van der Waals surface area contributed by atoms with Gasteiger partial charge in [-0.2, -0.15) is 4.98 Å². The molecule has 1 fully saturated rings. The highest BCUT2D eigenvalue weighted by Crippen LogP contribution is 2.38. The second kappa shape index (κ2) is 6.40. The zero-order valence-corrected chi connectivity index (χ0v) is 13.9.